The van der Waals surface area contributed by atoms with Crippen LogP contribution in [-0.4, -0.2) is 36.0 Å². The molecule has 2 heterocycles. The van der Waals surface area contributed by atoms with Crippen LogP contribution in [0.5, 0.6) is 5.88 Å². The largest absolute Gasteiger partial charge is 0.474 e. The molecule has 0 amide bonds. The molecule has 3 rings (SSSR count). The first-order chi connectivity index (χ1) is 11.1. The number of hydrogen-bond acceptors (Lipinski definition) is 6. The zero-order valence-electron chi connectivity index (χ0n) is 13.8. The number of halogens is 1. The lowest BCUT2D eigenvalue weighted by atomic mass is 9.93. The predicted molar refractivity (Wildman–Crippen MR) is 94.0 cm³/mol. The van der Waals surface area contributed by atoms with Gasteiger partial charge < -0.3 is 10.5 Å². The third kappa shape index (κ3) is 3.34. The molecule has 0 radical (unpaired) electrons. The van der Waals surface area contributed by atoms with Gasteiger partial charge in [0.15, 0.2) is 9.84 Å². The highest BCUT2D eigenvalue weighted by Crippen LogP contribution is 2.35. The van der Waals surface area contributed by atoms with E-state index in [1.54, 1.807) is 18.5 Å². The van der Waals surface area contributed by atoms with Crippen LogP contribution in [0.25, 0.3) is 10.8 Å². The lowest BCUT2D eigenvalue weighted by molar-refractivity contribution is 0.119. The molecule has 1 saturated carbocycles. The normalized spacial score (nSPS) is 21.5. The Morgan fingerprint density at radius 1 is 1.25 bits per heavy atom. The van der Waals surface area contributed by atoms with Gasteiger partial charge in [0.05, 0.1) is 10.6 Å². The van der Waals surface area contributed by atoms with Crippen molar-refractivity contribution in [1.82, 2.24) is 9.97 Å². The third-order valence-corrected chi connectivity index (χ3v) is 6.13. The third-order valence-electron chi connectivity index (χ3n) is 4.33. The summed E-state index contributed by atoms with van der Waals surface area (Å²) in [7, 11) is -3.01. The molecule has 0 unspecified atom stereocenters. The number of aromatic nitrogens is 2. The molecule has 6 nitrogen and oxygen atoms in total. The van der Waals surface area contributed by atoms with Crippen molar-refractivity contribution in [3.05, 3.63) is 29.2 Å². The summed E-state index contributed by atoms with van der Waals surface area (Å²) in [6.07, 6.45) is 5.35. The van der Waals surface area contributed by atoms with Gasteiger partial charge in [-0.15, -0.1) is 0 Å². The molecule has 0 aliphatic heterocycles. The highest BCUT2D eigenvalue weighted by atomic mass is 35.5. The maximum absolute atomic E-state index is 11.5. The average Bonchev–Trinajstić information content (AvgIpc) is 2.38. The van der Waals surface area contributed by atoms with Crippen molar-refractivity contribution in [2.75, 3.05) is 6.26 Å². The summed E-state index contributed by atoms with van der Waals surface area (Å²) in [6, 6.07) is 1.75. The zero-order chi connectivity index (χ0) is 17.7. The molecule has 8 heteroatoms. The molecule has 2 aromatic heterocycles. The van der Waals surface area contributed by atoms with Gasteiger partial charge in [-0.1, -0.05) is 11.6 Å². The van der Waals surface area contributed by atoms with Crippen molar-refractivity contribution in [3.8, 4) is 5.88 Å². The summed E-state index contributed by atoms with van der Waals surface area (Å²) in [5.74, 6) is 0.430. The van der Waals surface area contributed by atoms with Crippen LogP contribution in [0.2, 0.25) is 5.15 Å². The number of fused-ring (bicyclic) bond motifs is 1. The van der Waals surface area contributed by atoms with Crippen molar-refractivity contribution in [2.45, 2.75) is 43.6 Å². The molecule has 130 valence electrons. The number of sulfone groups is 1. The molecule has 24 heavy (non-hydrogen) atoms. The van der Waals surface area contributed by atoms with E-state index in [-0.39, 0.29) is 11.4 Å². The first kappa shape index (κ1) is 17.4. The van der Waals surface area contributed by atoms with E-state index >= 15 is 0 Å². The molecular weight excluding hydrogens is 350 g/mol. The van der Waals surface area contributed by atoms with E-state index in [4.69, 9.17) is 22.1 Å². The fourth-order valence-corrected chi connectivity index (χ4v) is 4.10. The van der Waals surface area contributed by atoms with Gasteiger partial charge in [-0.05, 0) is 30.9 Å². The van der Waals surface area contributed by atoms with Crippen LogP contribution in [0.1, 0.15) is 32.3 Å². The van der Waals surface area contributed by atoms with Crippen LogP contribution in [-0.2, 0) is 15.4 Å². The standard InChI is InChI=1S/C16H20ClN3O3S/c1-16(2,18)13-8-20-15(12-7-19-14(17)6-11(12)13)23-9-4-10(5-9)24(3,21)22/h6-10H,4-5,18H2,1-3H3. The summed E-state index contributed by atoms with van der Waals surface area (Å²) >= 11 is 6.03. The van der Waals surface area contributed by atoms with E-state index < -0.39 is 15.4 Å². The van der Waals surface area contributed by atoms with Gasteiger partial charge in [-0.3, -0.25) is 0 Å². The molecule has 0 spiro atoms. The minimum Gasteiger partial charge on any atom is -0.474 e. The minimum absolute atomic E-state index is 0.159. The zero-order valence-corrected chi connectivity index (χ0v) is 15.4. The number of pyridine rings is 2. The Labute approximate surface area is 146 Å². The second kappa shape index (κ2) is 5.82. The van der Waals surface area contributed by atoms with E-state index in [1.165, 1.54) is 6.26 Å². The Hall–Kier alpha value is -1.44. The summed E-state index contributed by atoms with van der Waals surface area (Å²) in [5.41, 5.74) is 6.47. The lowest BCUT2D eigenvalue weighted by Crippen LogP contribution is -2.42. The minimum atomic E-state index is -3.01. The number of nitrogens with zero attached hydrogens (tertiary/aromatic N) is 2. The fraction of sp³-hybridized carbons (Fsp3) is 0.500. The molecule has 2 N–H and O–H groups in total. The van der Waals surface area contributed by atoms with Gasteiger partial charge in [0.2, 0.25) is 5.88 Å². The first-order valence-electron chi connectivity index (χ1n) is 7.65. The van der Waals surface area contributed by atoms with Crippen molar-refractivity contribution < 1.29 is 13.2 Å². The summed E-state index contributed by atoms with van der Waals surface area (Å²) in [5, 5.41) is 1.60. The molecule has 2 aromatic rings. The second-order valence-electron chi connectivity index (χ2n) is 6.91. The van der Waals surface area contributed by atoms with E-state index in [2.05, 4.69) is 9.97 Å². The maximum atomic E-state index is 11.5. The molecule has 1 fully saturated rings. The Kier molecular flexibility index (Phi) is 4.22. The highest BCUT2D eigenvalue weighted by molar-refractivity contribution is 7.91. The van der Waals surface area contributed by atoms with Crippen LogP contribution in [0.15, 0.2) is 18.5 Å². The summed E-state index contributed by atoms with van der Waals surface area (Å²) in [4.78, 5) is 8.48. The fourth-order valence-electron chi connectivity index (χ4n) is 2.81. The summed E-state index contributed by atoms with van der Waals surface area (Å²) in [6.45, 7) is 3.78. The second-order valence-corrected chi connectivity index (χ2v) is 9.63. The smallest absolute Gasteiger partial charge is 0.223 e. The van der Waals surface area contributed by atoms with Crippen molar-refractivity contribution in [2.24, 2.45) is 5.73 Å². The molecule has 0 atom stereocenters. The van der Waals surface area contributed by atoms with Gasteiger partial charge >= 0.3 is 0 Å². The Morgan fingerprint density at radius 3 is 2.50 bits per heavy atom. The van der Waals surface area contributed by atoms with E-state index in [9.17, 15) is 8.42 Å². The highest BCUT2D eigenvalue weighted by Gasteiger charge is 2.38. The van der Waals surface area contributed by atoms with E-state index in [0.717, 1.165) is 16.3 Å². The first-order valence-corrected chi connectivity index (χ1v) is 9.98. The number of nitrogens with two attached hydrogens (primary N) is 1. The van der Waals surface area contributed by atoms with Crippen LogP contribution in [0.4, 0.5) is 0 Å². The quantitative estimate of drug-likeness (QED) is 0.831. The van der Waals surface area contributed by atoms with Gasteiger partial charge in [-0.25, -0.2) is 18.4 Å². The van der Waals surface area contributed by atoms with Crippen molar-refractivity contribution >= 4 is 32.2 Å². The van der Waals surface area contributed by atoms with E-state index in [1.807, 2.05) is 13.8 Å². The monoisotopic (exact) mass is 369 g/mol. The van der Waals surface area contributed by atoms with Gasteiger partial charge in [0.25, 0.3) is 0 Å². The molecular formula is C16H20ClN3O3S. The van der Waals surface area contributed by atoms with Crippen molar-refractivity contribution in [1.29, 1.82) is 0 Å². The van der Waals surface area contributed by atoms with Crippen molar-refractivity contribution in [3.63, 3.8) is 0 Å². The Bertz CT molecular complexity index is 887. The number of hydrogen-bond donors (Lipinski definition) is 1. The molecule has 0 bridgehead atoms. The Balaban J connectivity index is 1.93. The van der Waals surface area contributed by atoms with Crippen LogP contribution in [0, 0.1) is 0 Å². The Morgan fingerprint density at radius 2 is 1.92 bits per heavy atom. The molecule has 1 aliphatic rings. The topological polar surface area (TPSA) is 95.2 Å². The number of rotatable bonds is 4. The van der Waals surface area contributed by atoms with Gasteiger partial charge in [-0.2, -0.15) is 0 Å². The van der Waals surface area contributed by atoms with Crippen LogP contribution >= 0.6 is 11.6 Å². The number of ether oxygens (including phenoxy) is 1. The van der Waals surface area contributed by atoms with Gasteiger partial charge in [0, 0.05) is 37.0 Å². The molecule has 1 aliphatic carbocycles. The summed E-state index contributed by atoms with van der Waals surface area (Å²) < 4.78 is 28.9. The van der Waals surface area contributed by atoms with Gasteiger partial charge in [0.1, 0.15) is 11.3 Å². The van der Waals surface area contributed by atoms with Crippen LogP contribution in [0.3, 0.4) is 0 Å². The van der Waals surface area contributed by atoms with Crippen LogP contribution < -0.4 is 10.5 Å². The molecule has 0 saturated heterocycles. The molecule has 0 aromatic carbocycles. The van der Waals surface area contributed by atoms with E-state index in [0.29, 0.717) is 23.9 Å². The maximum Gasteiger partial charge on any atom is 0.223 e. The lowest BCUT2D eigenvalue weighted by Gasteiger charge is -2.34. The predicted octanol–water partition coefficient (Wildman–Crippen LogP) is 2.43. The SMILES string of the molecule is CC(C)(N)c1cnc(OC2CC(S(C)(=O)=O)C2)c2cnc(Cl)cc12. The average molecular weight is 370 g/mol.